The third-order valence-electron chi connectivity index (χ3n) is 6.05. The number of nitrogens with one attached hydrogen (secondary N) is 1. The first-order valence-corrected chi connectivity index (χ1v) is 11.6. The average Bonchev–Trinajstić information content (AvgIpc) is 3.52. The Kier molecular flexibility index (Phi) is 7.25. The maximum absolute atomic E-state index is 12.9. The van der Waals surface area contributed by atoms with Crippen LogP contribution in [0.15, 0.2) is 71.9 Å². The van der Waals surface area contributed by atoms with Gasteiger partial charge in [-0.1, -0.05) is 36.4 Å². The normalized spacial score (nSPS) is 11.6. The molecule has 0 saturated heterocycles. The van der Waals surface area contributed by atoms with Gasteiger partial charge in [-0.25, -0.2) is 9.59 Å². The zero-order valence-corrected chi connectivity index (χ0v) is 20.0. The number of nitrogens with zero attached hydrogens (tertiary/aromatic N) is 3. The fraction of sp³-hybridized carbons (Fsp3) is 0.231. The van der Waals surface area contributed by atoms with E-state index in [0.717, 1.165) is 58.1 Å². The van der Waals surface area contributed by atoms with Gasteiger partial charge in [-0.2, -0.15) is 13.2 Å². The highest BCUT2D eigenvalue weighted by Crippen LogP contribution is 2.33. The molecule has 4 N–H and O–H groups in total. The molecule has 2 aromatic carbocycles. The van der Waals surface area contributed by atoms with E-state index in [-0.39, 0.29) is 5.69 Å². The molecule has 37 heavy (non-hydrogen) atoms. The maximum atomic E-state index is 12.9. The second kappa shape index (κ2) is 10.4. The molecule has 5 rings (SSSR count). The molecule has 0 bridgehead atoms. The molecule has 0 aliphatic heterocycles. The van der Waals surface area contributed by atoms with Gasteiger partial charge in [0.05, 0.1) is 16.9 Å². The molecule has 0 radical (unpaired) electrons. The molecule has 0 amide bonds. The van der Waals surface area contributed by atoms with E-state index >= 15 is 0 Å². The van der Waals surface area contributed by atoms with Crippen LogP contribution in [0.1, 0.15) is 12.8 Å². The number of aromatic nitrogens is 4. The number of fused-ring (bicyclic) bond motifs is 2. The molecule has 3 aromatic heterocycles. The van der Waals surface area contributed by atoms with Gasteiger partial charge in [-0.05, 0) is 31.5 Å². The summed E-state index contributed by atoms with van der Waals surface area (Å²) in [4.78, 5) is 24.7. The van der Waals surface area contributed by atoms with E-state index in [1.54, 1.807) is 4.57 Å². The van der Waals surface area contributed by atoms with Gasteiger partial charge in [0.15, 0.2) is 0 Å². The highest BCUT2D eigenvalue weighted by atomic mass is 19.4. The Hall–Kier alpha value is -4.25. The first-order valence-electron chi connectivity index (χ1n) is 11.6. The summed E-state index contributed by atoms with van der Waals surface area (Å²) in [7, 11) is 2.03. The van der Waals surface area contributed by atoms with Crippen molar-refractivity contribution in [2.75, 3.05) is 6.54 Å². The summed E-state index contributed by atoms with van der Waals surface area (Å²) in [6.45, 7) is 1.56. The second-order valence-corrected chi connectivity index (χ2v) is 8.51. The van der Waals surface area contributed by atoms with Crippen LogP contribution in [0.25, 0.3) is 38.8 Å². The van der Waals surface area contributed by atoms with Gasteiger partial charge < -0.3 is 25.0 Å². The van der Waals surface area contributed by atoms with Crippen molar-refractivity contribution in [3.63, 3.8) is 0 Å². The summed E-state index contributed by atoms with van der Waals surface area (Å²) in [5, 5.41) is 9.31. The number of benzene rings is 2. The molecule has 8 nitrogen and oxygen atoms in total. The number of alkyl halides is 3. The van der Waals surface area contributed by atoms with Crippen molar-refractivity contribution in [2.24, 2.45) is 12.8 Å². The zero-order chi connectivity index (χ0) is 26.7. The standard InChI is InChI=1S/C24H25N5O.C2HF3O2/c1-27-15-19(17-8-2-4-10-20(17)27)22-14-26-24(30)29(22)23-16-28(13-7-6-12-25)21-11-5-3-9-18(21)23;3-2(4,5)1(6)7/h2-5,8-11,14-16H,6-7,12-13,25H2,1H3,(H,26,30);(H,6,7). The molecule has 11 heteroatoms. The Morgan fingerprint density at radius 1 is 1.00 bits per heavy atom. The van der Waals surface area contributed by atoms with Crippen molar-refractivity contribution >= 4 is 27.8 Å². The highest BCUT2D eigenvalue weighted by molar-refractivity contribution is 5.96. The molecule has 194 valence electrons. The van der Waals surface area contributed by atoms with Crippen LogP contribution in [-0.4, -0.2) is 42.5 Å². The molecular formula is C26H26F3N5O3. The number of carbonyl (C=O) groups is 1. The molecular weight excluding hydrogens is 487 g/mol. The maximum Gasteiger partial charge on any atom is 0.490 e. The Morgan fingerprint density at radius 2 is 1.62 bits per heavy atom. The van der Waals surface area contributed by atoms with Crippen LogP contribution in [0, 0.1) is 0 Å². The van der Waals surface area contributed by atoms with Gasteiger partial charge in [0.1, 0.15) is 0 Å². The lowest BCUT2D eigenvalue weighted by Crippen LogP contribution is -2.21. The lowest BCUT2D eigenvalue weighted by molar-refractivity contribution is -0.192. The number of halogens is 3. The molecule has 0 aliphatic rings. The third-order valence-corrected chi connectivity index (χ3v) is 6.05. The number of aryl methyl sites for hydroxylation is 2. The van der Waals surface area contributed by atoms with Crippen molar-refractivity contribution in [3.05, 3.63) is 77.6 Å². The molecule has 0 atom stereocenters. The SMILES string of the molecule is Cn1cc(-c2c[nH]c(=O)n2-c2cn(CCCCN)c3ccccc23)c2ccccc21.O=C(O)C(F)(F)F. The van der Waals surface area contributed by atoms with Crippen LogP contribution in [0.5, 0.6) is 0 Å². The molecule has 0 fully saturated rings. The summed E-state index contributed by atoms with van der Waals surface area (Å²) < 4.78 is 37.9. The lowest BCUT2D eigenvalue weighted by atomic mass is 10.1. The number of hydrogen-bond acceptors (Lipinski definition) is 3. The highest BCUT2D eigenvalue weighted by Gasteiger charge is 2.38. The van der Waals surface area contributed by atoms with Crippen LogP contribution in [0.3, 0.4) is 0 Å². The number of para-hydroxylation sites is 2. The van der Waals surface area contributed by atoms with Crippen molar-refractivity contribution in [1.82, 2.24) is 18.7 Å². The number of imidazole rings is 1. The minimum Gasteiger partial charge on any atom is -0.475 e. The number of nitrogens with two attached hydrogens (primary N) is 1. The number of unbranched alkanes of at least 4 members (excludes halogenated alkanes) is 1. The first kappa shape index (κ1) is 25.8. The van der Waals surface area contributed by atoms with E-state index in [9.17, 15) is 18.0 Å². The van der Waals surface area contributed by atoms with E-state index < -0.39 is 12.1 Å². The van der Waals surface area contributed by atoms with Gasteiger partial charge in [0.2, 0.25) is 0 Å². The predicted molar refractivity (Wildman–Crippen MR) is 136 cm³/mol. The predicted octanol–water partition coefficient (Wildman–Crippen LogP) is 4.65. The van der Waals surface area contributed by atoms with Gasteiger partial charge >= 0.3 is 17.8 Å². The van der Waals surface area contributed by atoms with E-state index in [1.807, 2.05) is 37.5 Å². The van der Waals surface area contributed by atoms with Crippen LogP contribution in [0.4, 0.5) is 13.2 Å². The Balaban J connectivity index is 0.000000405. The molecule has 0 spiro atoms. The summed E-state index contributed by atoms with van der Waals surface area (Å²) in [5.74, 6) is -2.76. The fourth-order valence-corrected chi connectivity index (χ4v) is 4.37. The number of rotatable bonds is 6. The molecule has 5 aromatic rings. The average molecular weight is 514 g/mol. The van der Waals surface area contributed by atoms with E-state index in [1.165, 1.54) is 0 Å². The number of aromatic amines is 1. The Morgan fingerprint density at radius 3 is 2.27 bits per heavy atom. The van der Waals surface area contributed by atoms with Crippen LogP contribution >= 0.6 is 0 Å². The van der Waals surface area contributed by atoms with E-state index in [2.05, 4.69) is 50.8 Å². The van der Waals surface area contributed by atoms with Crippen molar-refractivity contribution in [1.29, 1.82) is 0 Å². The number of carboxylic acids is 1. The molecule has 3 heterocycles. The summed E-state index contributed by atoms with van der Waals surface area (Å²) in [6, 6.07) is 16.5. The van der Waals surface area contributed by atoms with Crippen molar-refractivity contribution < 1.29 is 23.1 Å². The third kappa shape index (κ3) is 5.17. The topological polar surface area (TPSA) is 111 Å². The number of H-pyrrole nitrogens is 1. The molecule has 0 saturated carbocycles. The van der Waals surface area contributed by atoms with Gasteiger partial charge in [0.25, 0.3) is 0 Å². The monoisotopic (exact) mass is 513 g/mol. The quantitative estimate of drug-likeness (QED) is 0.287. The Bertz CT molecular complexity index is 1610. The summed E-state index contributed by atoms with van der Waals surface area (Å²) in [6.07, 6.45) is 2.89. The van der Waals surface area contributed by atoms with Crippen LogP contribution < -0.4 is 11.4 Å². The number of hydrogen-bond donors (Lipinski definition) is 3. The minimum atomic E-state index is -5.08. The van der Waals surface area contributed by atoms with E-state index in [4.69, 9.17) is 15.6 Å². The zero-order valence-electron chi connectivity index (χ0n) is 20.0. The minimum absolute atomic E-state index is 0.136. The lowest BCUT2D eigenvalue weighted by Gasteiger charge is -2.06. The largest absolute Gasteiger partial charge is 0.490 e. The van der Waals surface area contributed by atoms with E-state index in [0.29, 0.717) is 6.54 Å². The van der Waals surface area contributed by atoms with Gasteiger partial charge in [-0.15, -0.1) is 0 Å². The summed E-state index contributed by atoms with van der Waals surface area (Å²) in [5.41, 5.74) is 10.6. The summed E-state index contributed by atoms with van der Waals surface area (Å²) >= 11 is 0. The Labute approximate surface area is 209 Å². The fourth-order valence-electron chi connectivity index (χ4n) is 4.37. The second-order valence-electron chi connectivity index (χ2n) is 8.51. The van der Waals surface area contributed by atoms with Crippen molar-refractivity contribution in [3.8, 4) is 16.9 Å². The van der Waals surface area contributed by atoms with Crippen molar-refractivity contribution in [2.45, 2.75) is 25.6 Å². The number of aliphatic carboxylic acids is 1. The smallest absolute Gasteiger partial charge is 0.475 e. The van der Waals surface area contributed by atoms with Crippen LogP contribution in [0.2, 0.25) is 0 Å². The number of carboxylic acid groups (broad SMARTS) is 1. The van der Waals surface area contributed by atoms with Crippen LogP contribution in [-0.2, 0) is 18.4 Å². The molecule has 0 unspecified atom stereocenters. The van der Waals surface area contributed by atoms with Gasteiger partial charge in [-0.3, -0.25) is 4.57 Å². The first-order chi connectivity index (χ1) is 17.6. The van der Waals surface area contributed by atoms with Gasteiger partial charge in [0, 0.05) is 54.0 Å². The molecule has 0 aliphatic carbocycles.